The Hall–Kier alpha value is -1.58. The standard InChI is InChI=1S/C21H19Br2N/c22-14-19-20(23)12-7-13-21(19)24(15-17-8-3-1-4-9-17)16-18-10-5-2-6-11-18/h1-13H,14-16H2. The number of rotatable bonds is 6. The molecule has 0 aliphatic rings. The van der Waals surface area contributed by atoms with Gasteiger partial charge in [0.15, 0.2) is 0 Å². The second-order valence-electron chi connectivity index (χ2n) is 5.70. The Labute approximate surface area is 160 Å². The molecule has 3 aromatic rings. The Morgan fingerprint density at radius 3 is 1.71 bits per heavy atom. The lowest BCUT2D eigenvalue weighted by Gasteiger charge is -2.28. The van der Waals surface area contributed by atoms with E-state index in [1.165, 1.54) is 22.4 Å². The summed E-state index contributed by atoms with van der Waals surface area (Å²) in [6.07, 6.45) is 0. The van der Waals surface area contributed by atoms with Crippen molar-refractivity contribution in [1.29, 1.82) is 0 Å². The molecular formula is C21H19Br2N. The third-order valence-electron chi connectivity index (χ3n) is 4.00. The molecule has 0 fully saturated rings. The number of alkyl halides is 1. The summed E-state index contributed by atoms with van der Waals surface area (Å²) in [6, 6.07) is 27.7. The van der Waals surface area contributed by atoms with E-state index in [1.807, 2.05) is 0 Å². The molecule has 0 bridgehead atoms. The minimum Gasteiger partial charge on any atom is -0.363 e. The molecular weight excluding hydrogens is 426 g/mol. The maximum atomic E-state index is 3.69. The first-order valence-corrected chi connectivity index (χ1v) is 9.85. The van der Waals surface area contributed by atoms with E-state index in [9.17, 15) is 0 Å². The maximum Gasteiger partial charge on any atom is 0.0433 e. The minimum absolute atomic E-state index is 0.823. The minimum atomic E-state index is 0.823. The largest absolute Gasteiger partial charge is 0.363 e. The number of benzene rings is 3. The zero-order valence-electron chi connectivity index (χ0n) is 13.3. The van der Waals surface area contributed by atoms with Gasteiger partial charge in [0.05, 0.1) is 0 Å². The molecule has 122 valence electrons. The van der Waals surface area contributed by atoms with Crippen LogP contribution in [0.4, 0.5) is 5.69 Å². The summed E-state index contributed by atoms with van der Waals surface area (Å²) in [7, 11) is 0. The average molecular weight is 445 g/mol. The fourth-order valence-electron chi connectivity index (χ4n) is 2.81. The summed E-state index contributed by atoms with van der Waals surface area (Å²) in [4.78, 5) is 2.44. The van der Waals surface area contributed by atoms with Crippen LogP contribution in [0, 0.1) is 0 Å². The van der Waals surface area contributed by atoms with E-state index in [-0.39, 0.29) is 0 Å². The number of anilines is 1. The fourth-order valence-corrected chi connectivity index (χ4v) is 4.27. The van der Waals surface area contributed by atoms with E-state index in [0.717, 1.165) is 22.9 Å². The Morgan fingerprint density at radius 1 is 0.667 bits per heavy atom. The van der Waals surface area contributed by atoms with E-state index in [1.54, 1.807) is 0 Å². The second-order valence-corrected chi connectivity index (χ2v) is 7.11. The molecule has 0 atom stereocenters. The van der Waals surface area contributed by atoms with Crippen LogP contribution >= 0.6 is 31.9 Å². The lowest BCUT2D eigenvalue weighted by atomic mass is 10.1. The highest BCUT2D eigenvalue weighted by molar-refractivity contribution is 9.10. The molecule has 3 heteroatoms. The van der Waals surface area contributed by atoms with Crippen LogP contribution in [0.1, 0.15) is 16.7 Å². The van der Waals surface area contributed by atoms with Crippen molar-refractivity contribution in [3.8, 4) is 0 Å². The molecule has 0 N–H and O–H groups in total. The van der Waals surface area contributed by atoms with Crippen molar-refractivity contribution in [3.05, 3.63) is 100 Å². The van der Waals surface area contributed by atoms with Crippen molar-refractivity contribution in [2.45, 2.75) is 18.4 Å². The number of hydrogen-bond donors (Lipinski definition) is 0. The van der Waals surface area contributed by atoms with E-state index in [4.69, 9.17) is 0 Å². The van der Waals surface area contributed by atoms with Crippen molar-refractivity contribution >= 4 is 37.5 Å². The maximum absolute atomic E-state index is 3.69. The molecule has 0 heterocycles. The molecule has 0 spiro atoms. The van der Waals surface area contributed by atoms with Gasteiger partial charge in [-0.25, -0.2) is 0 Å². The van der Waals surface area contributed by atoms with Crippen molar-refractivity contribution < 1.29 is 0 Å². The highest BCUT2D eigenvalue weighted by atomic mass is 79.9. The van der Waals surface area contributed by atoms with Gasteiger partial charge >= 0.3 is 0 Å². The molecule has 0 unspecified atom stereocenters. The number of halogens is 2. The Morgan fingerprint density at radius 2 is 1.21 bits per heavy atom. The predicted octanol–water partition coefficient (Wildman–Crippen LogP) is 6.55. The summed E-state index contributed by atoms with van der Waals surface area (Å²) in [5.74, 6) is 0. The van der Waals surface area contributed by atoms with Crippen LogP contribution in [0.25, 0.3) is 0 Å². The zero-order chi connectivity index (χ0) is 16.8. The molecule has 0 saturated carbocycles. The van der Waals surface area contributed by atoms with Gasteiger partial charge in [-0.1, -0.05) is 98.6 Å². The Balaban J connectivity index is 1.97. The highest BCUT2D eigenvalue weighted by Crippen LogP contribution is 2.31. The van der Waals surface area contributed by atoms with Crippen molar-refractivity contribution in [1.82, 2.24) is 0 Å². The second kappa shape index (κ2) is 8.50. The monoisotopic (exact) mass is 443 g/mol. The van der Waals surface area contributed by atoms with Gasteiger partial charge in [-0.05, 0) is 23.3 Å². The van der Waals surface area contributed by atoms with E-state index < -0.39 is 0 Å². The summed E-state index contributed by atoms with van der Waals surface area (Å²) in [6.45, 7) is 1.76. The van der Waals surface area contributed by atoms with Gasteiger partial charge in [0, 0.05) is 34.1 Å². The van der Waals surface area contributed by atoms with Crippen molar-refractivity contribution in [2.24, 2.45) is 0 Å². The van der Waals surface area contributed by atoms with Crippen LogP contribution in [0.2, 0.25) is 0 Å². The van der Waals surface area contributed by atoms with Crippen molar-refractivity contribution in [3.63, 3.8) is 0 Å². The Bertz CT molecular complexity index is 731. The van der Waals surface area contributed by atoms with Gasteiger partial charge in [0.25, 0.3) is 0 Å². The van der Waals surface area contributed by atoms with Gasteiger partial charge in [-0.15, -0.1) is 0 Å². The smallest absolute Gasteiger partial charge is 0.0433 e. The summed E-state index contributed by atoms with van der Waals surface area (Å²) in [5.41, 5.74) is 5.17. The third-order valence-corrected chi connectivity index (χ3v) is 5.30. The molecule has 0 aliphatic carbocycles. The van der Waals surface area contributed by atoms with Crippen LogP contribution < -0.4 is 4.90 Å². The van der Waals surface area contributed by atoms with Gasteiger partial charge in [0.2, 0.25) is 0 Å². The first-order valence-electron chi connectivity index (χ1n) is 7.94. The van der Waals surface area contributed by atoms with Crippen LogP contribution in [-0.2, 0) is 18.4 Å². The van der Waals surface area contributed by atoms with Crippen molar-refractivity contribution in [2.75, 3.05) is 4.90 Å². The molecule has 0 aromatic heterocycles. The normalized spacial score (nSPS) is 10.6. The van der Waals surface area contributed by atoms with Gasteiger partial charge < -0.3 is 4.90 Å². The topological polar surface area (TPSA) is 3.24 Å². The zero-order valence-corrected chi connectivity index (χ0v) is 16.5. The lowest BCUT2D eigenvalue weighted by molar-refractivity contribution is 0.795. The van der Waals surface area contributed by atoms with Crippen LogP contribution in [-0.4, -0.2) is 0 Å². The molecule has 1 nitrogen and oxygen atoms in total. The SMILES string of the molecule is BrCc1c(Br)cccc1N(Cc1ccccc1)Cc1ccccc1. The molecule has 24 heavy (non-hydrogen) atoms. The van der Waals surface area contributed by atoms with Crippen LogP contribution in [0.5, 0.6) is 0 Å². The highest BCUT2D eigenvalue weighted by Gasteiger charge is 2.14. The van der Waals surface area contributed by atoms with Crippen LogP contribution in [0.3, 0.4) is 0 Å². The molecule has 0 saturated heterocycles. The number of hydrogen-bond acceptors (Lipinski definition) is 1. The fraction of sp³-hybridized carbons (Fsp3) is 0.143. The molecule has 0 amide bonds. The predicted molar refractivity (Wildman–Crippen MR) is 110 cm³/mol. The van der Waals surface area contributed by atoms with Gasteiger partial charge in [0.1, 0.15) is 0 Å². The summed E-state index contributed by atoms with van der Waals surface area (Å²) in [5, 5.41) is 0.823. The summed E-state index contributed by atoms with van der Waals surface area (Å²) < 4.78 is 1.14. The van der Waals surface area contributed by atoms with E-state index >= 15 is 0 Å². The third kappa shape index (κ3) is 4.28. The molecule has 3 aromatic carbocycles. The van der Waals surface area contributed by atoms with Gasteiger partial charge in [-0.3, -0.25) is 0 Å². The number of nitrogens with zero attached hydrogens (tertiary/aromatic N) is 1. The lowest BCUT2D eigenvalue weighted by Crippen LogP contribution is -2.23. The van der Waals surface area contributed by atoms with Crippen LogP contribution in [0.15, 0.2) is 83.3 Å². The molecule has 0 radical (unpaired) electrons. The molecule has 3 rings (SSSR count). The van der Waals surface area contributed by atoms with E-state index in [2.05, 4.69) is 116 Å². The first-order chi connectivity index (χ1) is 11.8. The van der Waals surface area contributed by atoms with Gasteiger partial charge in [-0.2, -0.15) is 0 Å². The average Bonchev–Trinajstić information content (AvgIpc) is 2.63. The molecule has 0 aliphatic heterocycles. The Kier molecular flexibility index (Phi) is 6.11. The quantitative estimate of drug-likeness (QED) is 0.389. The van der Waals surface area contributed by atoms with E-state index in [0.29, 0.717) is 0 Å². The summed E-state index contributed by atoms with van der Waals surface area (Å²) >= 11 is 7.33. The first kappa shape index (κ1) is 17.2.